The first-order valence-electron chi connectivity index (χ1n) is 4.98. The van der Waals surface area contributed by atoms with Gasteiger partial charge in [-0.15, -0.1) is 11.3 Å². The molecular weight excluding hydrogens is 224 g/mol. The molecule has 0 atom stereocenters. The van der Waals surface area contributed by atoms with Gasteiger partial charge in [0.2, 0.25) is 0 Å². The van der Waals surface area contributed by atoms with Gasteiger partial charge in [0.25, 0.3) is 0 Å². The van der Waals surface area contributed by atoms with Crippen molar-refractivity contribution >= 4 is 23.1 Å². The van der Waals surface area contributed by atoms with Crippen molar-refractivity contribution < 1.29 is 5.11 Å². The van der Waals surface area contributed by atoms with Gasteiger partial charge in [-0.05, 0) is 23.8 Å². The fourth-order valence-electron chi connectivity index (χ4n) is 1.04. The molecule has 0 unspecified atom stereocenters. The lowest BCUT2D eigenvalue weighted by Gasteiger charge is -2.01. The summed E-state index contributed by atoms with van der Waals surface area (Å²) < 4.78 is 0. The van der Waals surface area contributed by atoms with Crippen molar-refractivity contribution in [2.24, 2.45) is 5.92 Å². The number of aliphatic hydroxyl groups is 1. The summed E-state index contributed by atoms with van der Waals surface area (Å²) in [6.45, 7) is 4.41. The van der Waals surface area contributed by atoms with Crippen LogP contribution in [0.3, 0.4) is 0 Å². The van der Waals surface area contributed by atoms with E-state index in [1.807, 2.05) is 17.8 Å². The van der Waals surface area contributed by atoms with Gasteiger partial charge in [0.15, 0.2) is 0 Å². The van der Waals surface area contributed by atoms with Crippen LogP contribution < -0.4 is 0 Å². The molecule has 0 aliphatic heterocycles. The standard InChI is InChI=1S/C12H16OS2/c1-10(2)8-14-9-12-6-5-11(15-12)4-3-7-13/h5-6,10,13H,7-9H2,1-2H3. The average molecular weight is 240 g/mol. The van der Waals surface area contributed by atoms with E-state index in [9.17, 15) is 0 Å². The SMILES string of the molecule is CC(C)CSCc1ccc(C#CCO)s1. The maximum absolute atomic E-state index is 8.56. The first-order chi connectivity index (χ1) is 7.22. The Morgan fingerprint density at radius 2 is 2.27 bits per heavy atom. The van der Waals surface area contributed by atoms with E-state index in [4.69, 9.17) is 5.11 Å². The van der Waals surface area contributed by atoms with Crippen LogP contribution in [-0.2, 0) is 5.75 Å². The number of thioether (sulfide) groups is 1. The molecule has 0 aliphatic rings. The largest absolute Gasteiger partial charge is 0.384 e. The molecule has 1 heterocycles. The van der Waals surface area contributed by atoms with Crippen molar-refractivity contribution in [1.82, 2.24) is 0 Å². The quantitative estimate of drug-likeness (QED) is 0.817. The molecule has 0 saturated carbocycles. The van der Waals surface area contributed by atoms with Gasteiger partial charge >= 0.3 is 0 Å². The van der Waals surface area contributed by atoms with Gasteiger partial charge in [-0.3, -0.25) is 0 Å². The predicted molar refractivity (Wildman–Crippen MR) is 69.3 cm³/mol. The second kappa shape index (κ2) is 6.95. The van der Waals surface area contributed by atoms with Gasteiger partial charge in [-0.25, -0.2) is 0 Å². The minimum absolute atomic E-state index is 0.0602. The van der Waals surface area contributed by atoms with Crippen LogP contribution in [0.2, 0.25) is 0 Å². The summed E-state index contributed by atoms with van der Waals surface area (Å²) in [5.74, 6) is 8.61. The number of thiophene rings is 1. The average Bonchev–Trinajstić information content (AvgIpc) is 2.62. The lowest BCUT2D eigenvalue weighted by Crippen LogP contribution is -1.90. The lowest BCUT2D eigenvalue weighted by molar-refractivity contribution is 0.350. The normalized spacial score (nSPS) is 10.1. The second-order valence-corrected chi connectivity index (χ2v) is 5.83. The summed E-state index contributed by atoms with van der Waals surface area (Å²) in [7, 11) is 0. The maximum atomic E-state index is 8.56. The zero-order chi connectivity index (χ0) is 11.1. The van der Waals surface area contributed by atoms with E-state index in [1.54, 1.807) is 11.3 Å². The van der Waals surface area contributed by atoms with Crippen LogP contribution in [0.5, 0.6) is 0 Å². The molecule has 0 aromatic carbocycles. The number of hydrogen-bond acceptors (Lipinski definition) is 3. The Morgan fingerprint density at radius 3 is 2.93 bits per heavy atom. The summed E-state index contributed by atoms with van der Waals surface area (Å²) in [5, 5.41) is 8.56. The summed E-state index contributed by atoms with van der Waals surface area (Å²) in [6.07, 6.45) is 0. The monoisotopic (exact) mass is 240 g/mol. The van der Waals surface area contributed by atoms with Gasteiger partial charge in [-0.2, -0.15) is 11.8 Å². The number of rotatable bonds is 4. The first-order valence-corrected chi connectivity index (χ1v) is 6.95. The molecule has 1 aromatic heterocycles. The molecule has 15 heavy (non-hydrogen) atoms. The third-order valence-corrected chi connectivity index (χ3v) is 4.25. The Balaban J connectivity index is 2.39. The van der Waals surface area contributed by atoms with Crippen LogP contribution in [0.15, 0.2) is 12.1 Å². The molecule has 0 amide bonds. The Bertz CT molecular complexity index is 344. The Hall–Kier alpha value is -0.430. The van der Waals surface area contributed by atoms with Crippen molar-refractivity contribution in [3.63, 3.8) is 0 Å². The van der Waals surface area contributed by atoms with Gasteiger partial charge in [-0.1, -0.05) is 25.7 Å². The lowest BCUT2D eigenvalue weighted by atomic mass is 10.3. The molecule has 82 valence electrons. The van der Waals surface area contributed by atoms with Gasteiger partial charge in [0, 0.05) is 10.6 Å². The summed E-state index contributed by atoms with van der Waals surface area (Å²) in [4.78, 5) is 2.41. The van der Waals surface area contributed by atoms with Crippen molar-refractivity contribution in [2.45, 2.75) is 19.6 Å². The zero-order valence-electron chi connectivity index (χ0n) is 9.12. The van der Waals surface area contributed by atoms with Gasteiger partial charge in [0.05, 0.1) is 4.88 Å². The Morgan fingerprint density at radius 1 is 1.47 bits per heavy atom. The van der Waals surface area contributed by atoms with Gasteiger partial charge in [0.1, 0.15) is 6.61 Å². The third kappa shape index (κ3) is 5.27. The van der Waals surface area contributed by atoms with E-state index in [0.29, 0.717) is 0 Å². The third-order valence-electron chi connectivity index (χ3n) is 1.65. The molecule has 1 nitrogen and oxygen atoms in total. The fraction of sp³-hybridized carbons (Fsp3) is 0.500. The second-order valence-electron chi connectivity index (χ2n) is 3.63. The van der Waals surface area contributed by atoms with Crippen molar-refractivity contribution in [2.75, 3.05) is 12.4 Å². The van der Waals surface area contributed by atoms with Crippen LogP contribution in [0, 0.1) is 17.8 Å². The molecule has 0 aliphatic carbocycles. The highest BCUT2D eigenvalue weighted by Crippen LogP contribution is 2.22. The van der Waals surface area contributed by atoms with Crippen LogP contribution in [0.25, 0.3) is 0 Å². The van der Waals surface area contributed by atoms with E-state index < -0.39 is 0 Å². The molecule has 0 saturated heterocycles. The smallest absolute Gasteiger partial charge is 0.104 e. The van der Waals surface area contributed by atoms with Crippen molar-refractivity contribution in [1.29, 1.82) is 0 Å². The highest BCUT2D eigenvalue weighted by molar-refractivity contribution is 7.98. The van der Waals surface area contributed by atoms with E-state index in [0.717, 1.165) is 16.5 Å². The van der Waals surface area contributed by atoms with E-state index >= 15 is 0 Å². The minimum atomic E-state index is -0.0602. The summed E-state index contributed by atoms with van der Waals surface area (Å²) in [6, 6.07) is 4.15. The molecular formula is C12H16OS2. The summed E-state index contributed by atoms with van der Waals surface area (Å²) in [5.41, 5.74) is 0. The molecule has 0 bridgehead atoms. The van der Waals surface area contributed by atoms with Crippen LogP contribution in [-0.4, -0.2) is 17.5 Å². The minimum Gasteiger partial charge on any atom is -0.384 e. The highest BCUT2D eigenvalue weighted by atomic mass is 32.2. The zero-order valence-corrected chi connectivity index (χ0v) is 10.8. The number of hydrogen-bond donors (Lipinski definition) is 1. The molecule has 1 rings (SSSR count). The summed E-state index contributed by atoms with van der Waals surface area (Å²) >= 11 is 3.68. The fourth-order valence-corrected chi connectivity index (χ4v) is 3.09. The van der Waals surface area contributed by atoms with E-state index in [1.165, 1.54) is 10.6 Å². The number of aliphatic hydroxyl groups excluding tert-OH is 1. The maximum Gasteiger partial charge on any atom is 0.104 e. The predicted octanol–water partition coefficient (Wildman–Crippen LogP) is 2.98. The Kier molecular flexibility index (Phi) is 5.85. The first kappa shape index (κ1) is 12.6. The topological polar surface area (TPSA) is 20.2 Å². The van der Waals surface area contributed by atoms with Crippen molar-refractivity contribution in [3.8, 4) is 11.8 Å². The molecule has 3 heteroatoms. The van der Waals surface area contributed by atoms with Crippen molar-refractivity contribution in [3.05, 3.63) is 21.9 Å². The molecule has 0 radical (unpaired) electrons. The van der Waals surface area contributed by atoms with Crippen LogP contribution >= 0.6 is 23.1 Å². The molecule has 1 aromatic rings. The van der Waals surface area contributed by atoms with Crippen LogP contribution in [0.1, 0.15) is 23.6 Å². The molecule has 1 N–H and O–H groups in total. The highest BCUT2D eigenvalue weighted by Gasteiger charge is 1.99. The Labute approximate surface area is 99.9 Å². The van der Waals surface area contributed by atoms with E-state index in [2.05, 4.69) is 31.8 Å². The van der Waals surface area contributed by atoms with Gasteiger partial charge < -0.3 is 5.11 Å². The van der Waals surface area contributed by atoms with E-state index in [-0.39, 0.29) is 6.61 Å². The molecule has 0 fully saturated rings. The molecule has 0 spiro atoms. The van der Waals surface area contributed by atoms with Crippen LogP contribution in [0.4, 0.5) is 0 Å².